The summed E-state index contributed by atoms with van der Waals surface area (Å²) in [5, 5.41) is 1.69. The SMILES string of the molecule is CC(C)C(C)Sc1cc(Br)nc(C2CC2)n1. The van der Waals surface area contributed by atoms with E-state index >= 15 is 0 Å². The summed E-state index contributed by atoms with van der Waals surface area (Å²) >= 11 is 5.32. The van der Waals surface area contributed by atoms with Crippen LogP contribution in [0, 0.1) is 5.92 Å². The number of nitrogens with zero attached hydrogens (tertiary/aromatic N) is 2. The normalized spacial score (nSPS) is 17.8. The first kappa shape index (κ1) is 12.4. The van der Waals surface area contributed by atoms with Crippen LogP contribution in [0.2, 0.25) is 0 Å². The number of aromatic nitrogens is 2. The van der Waals surface area contributed by atoms with E-state index in [-0.39, 0.29) is 0 Å². The third kappa shape index (κ3) is 3.20. The van der Waals surface area contributed by atoms with Crippen LogP contribution in [0.1, 0.15) is 45.4 Å². The Bertz CT molecular complexity index is 377. The molecule has 0 saturated heterocycles. The average molecular weight is 301 g/mol. The highest BCUT2D eigenvalue weighted by atomic mass is 79.9. The van der Waals surface area contributed by atoms with E-state index in [9.17, 15) is 0 Å². The third-order valence-electron chi connectivity index (χ3n) is 2.88. The van der Waals surface area contributed by atoms with Gasteiger partial charge in [0.15, 0.2) is 0 Å². The minimum Gasteiger partial charge on any atom is -0.226 e. The molecule has 1 fully saturated rings. The van der Waals surface area contributed by atoms with Gasteiger partial charge in [-0.2, -0.15) is 0 Å². The first-order chi connectivity index (χ1) is 7.56. The molecule has 0 bridgehead atoms. The summed E-state index contributed by atoms with van der Waals surface area (Å²) in [6.45, 7) is 6.74. The molecular formula is C12H17BrN2S. The van der Waals surface area contributed by atoms with E-state index in [4.69, 9.17) is 0 Å². The van der Waals surface area contributed by atoms with Crippen molar-refractivity contribution in [3.63, 3.8) is 0 Å². The second-order valence-electron chi connectivity index (χ2n) is 4.73. The van der Waals surface area contributed by atoms with Crippen molar-refractivity contribution < 1.29 is 0 Å². The van der Waals surface area contributed by atoms with Crippen LogP contribution in [0.15, 0.2) is 15.7 Å². The van der Waals surface area contributed by atoms with Crippen molar-refractivity contribution in [1.29, 1.82) is 0 Å². The van der Waals surface area contributed by atoms with Crippen molar-refractivity contribution in [3.8, 4) is 0 Å². The zero-order valence-electron chi connectivity index (χ0n) is 9.90. The van der Waals surface area contributed by atoms with Crippen molar-refractivity contribution >= 4 is 27.7 Å². The van der Waals surface area contributed by atoms with Crippen LogP contribution in [0.25, 0.3) is 0 Å². The molecule has 0 radical (unpaired) electrons. The summed E-state index contributed by atoms with van der Waals surface area (Å²) in [5.74, 6) is 2.31. The highest BCUT2D eigenvalue weighted by Crippen LogP contribution is 2.39. The van der Waals surface area contributed by atoms with Crippen LogP contribution in [0.5, 0.6) is 0 Å². The Morgan fingerprint density at radius 1 is 1.31 bits per heavy atom. The van der Waals surface area contributed by atoms with Gasteiger partial charge in [0, 0.05) is 17.2 Å². The lowest BCUT2D eigenvalue weighted by molar-refractivity contribution is 0.641. The van der Waals surface area contributed by atoms with Crippen LogP contribution in [-0.2, 0) is 0 Å². The average Bonchev–Trinajstić information content (AvgIpc) is 2.99. The summed E-state index contributed by atoms with van der Waals surface area (Å²) in [6, 6.07) is 2.02. The number of thioether (sulfide) groups is 1. The van der Waals surface area contributed by atoms with Crippen LogP contribution >= 0.6 is 27.7 Å². The van der Waals surface area contributed by atoms with Gasteiger partial charge in [0.05, 0.1) is 0 Å². The van der Waals surface area contributed by atoms with E-state index in [2.05, 4.69) is 46.7 Å². The summed E-state index contributed by atoms with van der Waals surface area (Å²) in [5.41, 5.74) is 0. The molecule has 0 amide bonds. The maximum Gasteiger partial charge on any atom is 0.134 e. The number of hydrogen-bond acceptors (Lipinski definition) is 3. The Labute approximate surface area is 110 Å². The molecule has 1 saturated carbocycles. The topological polar surface area (TPSA) is 25.8 Å². The van der Waals surface area contributed by atoms with Gasteiger partial charge in [-0.3, -0.25) is 0 Å². The van der Waals surface area contributed by atoms with Gasteiger partial charge in [-0.25, -0.2) is 9.97 Å². The standard InChI is InChI=1S/C12H17BrN2S/c1-7(2)8(3)16-11-6-10(13)14-12(15-11)9-4-5-9/h6-9H,4-5H2,1-3H3. The molecule has 1 aliphatic carbocycles. The summed E-state index contributed by atoms with van der Waals surface area (Å²) in [4.78, 5) is 9.08. The Hall–Kier alpha value is -0.0900. The van der Waals surface area contributed by atoms with E-state index in [0.717, 1.165) is 15.5 Å². The van der Waals surface area contributed by atoms with E-state index in [0.29, 0.717) is 17.1 Å². The fourth-order valence-electron chi connectivity index (χ4n) is 1.32. The molecule has 88 valence electrons. The van der Waals surface area contributed by atoms with E-state index in [1.165, 1.54) is 12.8 Å². The Morgan fingerprint density at radius 2 is 2.00 bits per heavy atom. The molecule has 2 nitrogen and oxygen atoms in total. The molecule has 1 unspecified atom stereocenters. The molecule has 4 heteroatoms. The van der Waals surface area contributed by atoms with Crippen LogP contribution < -0.4 is 0 Å². The number of rotatable bonds is 4. The second kappa shape index (κ2) is 5.05. The Morgan fingerprint density at radius 3 is 2.56 bits per heavy atom. The van der Waals surface area contributed by atoms with Gasteiger partial charge >= 0.3 is 0 Å². The Balaban J connectivity index is 2.13. The van der Waals surface area contributed by atoms with E-state index < -0.39 is 0 Å². The lowest BCUT2D eigenvalue weighted by Crippen LogP contribution is -2.06. The largest absolute Gasteiger partial charge is 0.226 e. The molecule has 1 heterocycles. The van der Waals surface area contributed by atoms with Gasteiger partial charge in [-0.05, 0) is 34.7 Å². The third-order valence-corrected chi connectivity index (χ3v) is 4.65. The smallest absolute Gasteiger partial charge is 0.134 e. The number of hydrogen-bond donors (Lipinski definition) is 0. The van der Waals surface area contributed by atoms with Crippen LogP contribution in [0.4, 0.5) is 0 Å². The van der Waals surface area contributed by atoms with Gasteiger partial charge in [0.25, 0.3) is 0 Å². The lowest BCUT2D eigenvalue weighted by atomic mass is 10.2. The molecule has 0 spiro atoms. The Kier molecular flexibility index (Phi) is 3.90. The van der Waals surface area contributed by atoms with Crippen LogP contribution in [-0.4, -0.2) is 15.2 Å². The van der Waals surface area contributed by atoms with Gasteiger partial charge in [-0.15, -0.1) is 11.8 Å². The fourth-order valence-corrected chi connectivity index (χ4v) is 2.85. The maximum absolute atomic E-state index is 4.64. The molecule has 0 aliphatic heterocycles. The summed E-state index contributed by atoms with van der Waals surface area (Å²) in [7, 11) is 0. The minimum atomic E-state index is 0.592. The summed E-state index contributed by atoms with van der Waals surface area (Å²) in [6.07, 6.45) is 2.50. The van der Waals surface area contributed by atoms with Crippen molar-refractivity contribution in [2.75, 3.05) is 0 Å². The quantitative estimate of drug-likeness (QED) is 0.614. The molecule has 1 aromatic rings. The highest BCUT2D eigenvalue weighted by molar-refractivity contribution is 9.10. The fraction of sp³-hybridized carbons (Fsp3) is 0.667. The molecule has 0 aromatic carbocycles. The monoisotopic (exact) mass is 300 g/mol. The van der Waals surface area contributed by atoms with Crippen molar-refractivity contribution in [2.24, 2.45) is 5.92 Å². The van der Waals surface area contributed by atoms with Gasteiger partial charge in [0.1, 0.15) is 15.5 Å². The predicted octanol–water partition coefficient (Wildman–Crippen LogP) is 4.25. The molecule has 2 rings (SSSR count). The molecular weight excluding hydrogens is 284 g/mol. The molecule has 1 aliphatic rings. The molecule has 16 heavy (non-hydrogen) atoms. The second-order valence-corrected chi connectivity index (χ2v) is 6.94. The zero-order valence-corrected chi connectivity index (χ0v) is 12.3. The number of halogens is 1. The van der Waals surface area contributed by atoms with Crippen molar-refractivity contribution in [1.82, 2.24) is 9.97 Å². The van der Waals surface area contributed by atoms with Gasteiger partial charge in [-0.1, -0.05) is 20.8 Å². The minimum absolute atomic E-state index is 0.592. The van der Waals surface area contributed by atoms with Crippen molar-refractivity contribution in [3.05, 3.63) is 16.5 Å². The summed E-state index contributed by atoms with van der Waals surface area (Å²) < 4.78 is 0.919. The molecule has 1 atom stereocenters. The molecule has 0 N–H and O–H groups in total. The van der Waals surface area contributed by atoms with E-state index in [1.54, 1.807) is 0 Å². The van der Waals surface area contributed by atoms with Crippen LogP contribution in [0.3, 0.4) is 0 Å². The first-order valence-corrected chi connectivity index (χ1v) is 7.44. The highest BCUT2D eigenvalue weighted by Gasteiger charge is 2.27. The lowest BCUT2D eigenvalue weighted by Gasteiger charge is -2.14. The van der Waals surface area contributed by atoms with Crippen molar-refractivity contribution in [2.45, 2.75) is 49.8 Å². The maximum atomic E-state index is 4.64. The molecule has 1 aromatic heterocycles. The van der Waals surface area contributed by atoms with Gasteiger partial charge < -0.3 is 0 Å². The zero-order chi connectivity index (χ0) is 11.7. The predicted molar refractivity (Wildman–Crippen MR) is 71.9 cm³/mol. The van der Waals surface area contributed by atoms with E-state index in [1.807, 2.05) is 17.8 Å². The van der Waals surface area contributed by atoms with Gasteiger partial charge in [0.2, 0.25) is 0 Å². The first-order valence-electron chi connectivity index (χ1n) is 5.77.